The zero-order chi connectivity index (χ0) is 17.6. The number of hydrogen-bond donors (Lipinski definition) is 1. The molecule has 0 atom stereocenters. The van der Waals surface area contributed by atoms with Crippen LogP contribution in [0.2, 0.25) is 0 Å². The lowest BCUT2D eigenvalue weighted by Gasteiger charge is -2.20. The Hall–Kier alpha value is -2.69. The summed E-state index contributed by atoms with van der Waals surface area (Å²) in [6.07, 6.45) is 0.343. The van der Waals surface area contributed by atoms with E-state index in [2.05, 4.69) is 5.32 Å². The molecule has 1 N–H and O–H groups in total. The molecule has 0 unspecified atom stereocenters. The molecule has 0 aromatic heterocycles. The van der Waals surface area contributed by atoms with Gasteiger partial charge in [-0.2, -0.15) is 0 Å². The molecule has 2 aromatic rings. The number of rotatable bonds is 6. The number of ether oxygens (including phenoxy) is 3. The molecule has 0 spiro atoms. The van der Waals surface area contributed by atoms with Gasteiger partial charge in [0.1, 0.15) is 19.0 Å². The highest BCUT2D eigenvalue weighted by Gasteiger charge is 2.14. The quantitative estimate of drug-likeness (QED) is 0.877. The van der Waals surface area contributed by atoms with E-state index in [9.17, 15) is 4.79 Å². The number of fused-ring (bicyclic) bond motifs is 1. The van der Waals surface area contributed by atoms with Crippen molar-refractivity contribution in [1.82, 2.24) is 5.32 Å². The molecule has 5 heteroatoms. The van der Waals surface area contributed by atoms with Crippen molar-refractivity contribution in [1.29, 1.82) is 0 Å². The van der Waals surface area contributed by atoms with Gasteiger partial charge in [-0.25, -0.2) is 0 Å². The summed E-state index contributed by atoms with van der Waals surface area (Å²) in [7, 11) is 0. The summed E-state index contributed by atoms with van der Waals surface area (Å²) in [5.41, 5.74) is 3.06. The molecule has 0 saturated carbocycles. The standard InChI is InChI=1S/C20H23NO4/c1-3-23-17-6-4-15(5-7-17)11-20(22)21-13-16-12-19-18(10-14(16)2)24-8-9-25-19/h4-7,10,12H,3,8-9,11,13H2,1-2H3,(H,21,22). The van der Waals surface area contributed by atoms with Crippen LogP contribution in [0, 0.1) is 6.92 Å². The Morgan fingerprint density at radius 2 is 1.80 bits per heavy atom. The van der Waals surface area contributed by atoms with Crippen LogP contribution in [0.3, 0.4) is 0 Å². The minimum absolute atomic E-state index is 0.0153. The van der Waals surface area contributed by atoms with Gasteiger partial charge in [0.25, 0.3) is 0 Å². The molecule has 1 aliphatic rings. The summed E-state index contributed by atoms with van der Waals surface area (Å²) in [5.74, 6) is 2.32. The molecule has 3 rings (SSSR count). The highest BCUT2D eigenvalue weighted by Crippen LogP contribution is 2.32. The van der Waals surface area contributed by atoms with E-state index in [1.807, 2.05) is 50.2 Å². The zero-order valence-corrected chi connectivity index (χ0v) is 14.6. The average molecular weight is 341 g/mol. The summed E-state index contributed by atoms with van der Waals surface area (Å²) in [6.45, 7) is 6.19. The smallest absolute Gasteiger partial charge is 0.224 e. The van der Waals surface area contributed by atoms with E-state index in [0.717, 1.165) is 33.9 Å². The van der Waals surface area contributed by atoms with Crippen molar-refractivity contribution in [3.05, 3.63) is 53.1 Å². The van der Waals surface area contributed by atoms with Crippen LogP contribution in [0.4, 0.5) is 0 Å². The Bertz CT molecular complexity index is 740. The molecule has 1 heterocycles. The van der Waals surface area contributed by atoms with Crippen LogP contribution in [-0.2, 0) is 17.8 Å². The van der Waals surface area contributed by atoms with Gasteiger partial charge in [-0.1, -0.05) is 12.1 Å². The number of hydrogen-bond acceptors (Lipinski definition) is 4. The molecule has 1 aliphatic heterocycles. The predicted molar refractivity (Wildman–Crippen MR) is 95.3 cm³/mol. The lowest BCUT2D eigenvalue weighted by Crippen LogP contribution is -2.25. The highest BCUT2D eigenvalue weighted by atomic mass is 16.6. The van der Waals surface area contributed by atoms with Gasteiger partial charge in [-0.15, -0.1) is 0 Å². The Morgan fingerprint density at radius 1 is 1.12 bits per heavy atom. The third kappa shape index (κ3) is 4.44. The second-order valence-corrected chi connectivity index (χ2v) is 5.95. The predicted octanol–water partition coefficient (Wildman–Crippen LogP) is 3.02. The molecular formula is C20H23NO4. The van der Waals surface area contributed by atoms with E-state index in [4.69, 9.17) is 14.2 Å². The summed E-state index contributed by atoms with van der Waals surface area (Å²) in [4.78, 5) is 12.2. The first kappa shape index (κ1) is 17.1. The lowest BCUT2D eigenvalue weighted by atomic mass is 10.1. The van der Waals surface area contributed by atoms with E-state index in [0.29, 0.717) is 32.8 Å². The van der Waals surface area contributed by atoms with Gasteiger partial charge in [-0.3, -0.25) is 4.79 Å². The maximum absolute atomic E-state index is 12.2. The molecule has 132 valence electrons. The number of nitrogens with one attached hydrogen (secondary N) is 1. The summed E-state index contributed by atoms with van der Waals surface area (Å²) < 4.78 is 16.6. The van der Waals surface area contributed by atoms with E-state index < -0.39 is 0 Å². The van der Waals surface area contributed by atoms with E-state index >= 15 is 0 Å². The number of amides is 1. The second kappa shape index (κ2) is 7.92. The Labute approximate surface area is 147 Å². The normalized spacial score (nSPS) is 12.6. The molecule has 25 heavy (non-hydrogen) atoms. The van der Waals surface area contributed by atoms with E-state index in [-0.39, 0.29) is 5.91 Å². The van der Waals surface area contributed by atoms with Gasteiger partial charge >= 0.3 is 0 Å². The van der Waals surface area contributed by atoms with Crippen molar-refractivity contribution < 1.29 is 19.0 Å². The first-order chi connectivity index (χ1) is 12.2. The van der Waals surface area contributed by atoms with Crippen LogP contribution in [0.25, 0.3) is 0 Å². The van der Waals surface area contributed by atoms with Crippen LogP contribution >= 0.6 is 0 Å². The fraction of sp³-hybridized carbons (Fsp3) is 0.350. The molecule has 1 amide bonds. The maximum Gasteiger partial charge on any atom is 0.224 e. The van der Waals surface area contributed by atoms with Crippen LogP contribution in [0.15, 0.2) is 36.4 Å². The van der Waals surface area contributed by atoms with Gasteiger partial charge in [0.05, 0.1) is 13.0 Å². The fourth-order valence-corrected chi connectivity index (χ4v) is 2.73. The van der Waals surface area contributed by atoms with Crippen molar-refractivity contribution >= 4 is 5.91 Å². The molecule has 5 nitrogen and oxygen atoms in total. The van der Waals surface area contributed by atoms with Crippen LogP contribution in [0.1, 0.15) is 23.6 Å². The van der Waals surface area contributed by atoms with Crippen molar-refractivity contribution in [2.75, 3.05) is 19.8 Å². The molecule has 0 fully saturated rings. The molecule has 2 aromatic carbocycles. The molecule has 0 bridgehead atoms. The van der Waals surface area contributed by atoms with Crippen LogP contribution in [-0.4, -0.2) is 25.7 Å². The number of carbonyl (C=O) groups is 1. The number of carbonyl (C=O) groups excluding carboxylic acids is 1. The monoisotopic (exact) mass is 341 g/mol. The van der Waals surface area contributed by atoms with Gasteiger partial charge in [0.15, 0.2) is 11.5 Å². The molecule has 0 aliphatic carbocycles. The highest BCUT2D eigenvalue weighted by molar-refractivity contribution is 5.78. The van der Waals surface area contributed by atoms with Gasteiger partial charge in [0.2, 0.25) is 5.91 Å². The van der Waals surface area contributed by atoms with Crippen molar-refractivity contribution in [3.8, 4) is 17.2 Å². The number of benzene rings is 2. The topological polar surface area (TPSA) is 56.8 Å². The van der Waals surface area contributed by atoms with E-state index in [1.165, 1.54) is 0 Å². The minimum Gasteiger partial charge on any atom is -0.494 e. The Morgan fingerprint density at radius 3 is 2.48 bits per heavy atom. The fourth-order valence-electron chi connectivity index (χ4n) is 2.73. The third-order valence-electron chi connectivity index (χ3n) is 4.08. The Kier molecular flexibility index (Phi) is 5.43. The molecule has 0 saturated heterocycles. The summed E-state index contributed by atoms with van der Waals surface area (Å²) in [6, 6.07) is 11.5. The Balaban J connectivity index is 1.57. The third-order valence-corrected chi connectivity index (χ3v) is 4.08. The van der Waals surface area contributed by atoms with Gasteiger partial charge in [-0.05, 0) is 54.8 Å². The first-order valence-corrected chi connectivity index (χ1v) is 8.53. The van der Waals surface area contributed by atoms with Crippen molar-refractivity contribution in [3.63, 3.8) is 0 Å². The van der Waals surface area contributed by atoms with Crippen molar-refractivity contribution in [2.24, 2.45) is 0 Å². The largest absolute Gasteiger partial charge is 0.494 e. The molecular weight excluding hydrogens is 318 g/mol. The van der Waals surface area contributed by atoms with Gasteiger partial charge < -0.3 is 19.5 Å². The van der Waals surface area contributed by atoms with Crippen LogP contribution in [0.5, 0.6) is 17.2 Å². The van der Waals surface area contributed by atoms with Crippen LogP contribution < -0.4 is 19.5 Å². The maximum atomic E-state index is 12.2. The van der Waals surface area contributed by atoms with Gasteiger partial charge in [0, 0.05) is 6.54 Å². The minimum atomic E-state index is -0.0153. The number of aryl methyl sites for hydroxylation is 1. The average Bonchev–Trinajstić information content (AvgIpc) is 2.62. The first-order valence-electron chi connectivity index (χ1n) is 8.53. The van der Waals surface area contributed by atoms with E-state index in [1.54, 1.807) is 0 Å². The SMILES string of the molecule is CCOc1ccc(CC(=O)NCc2cc3c(cc2C)OCCO3)cc1. The summed E-state index contributed by atoms with van der Waals surface area (Å²) in [5, 5.41) is 2.97. The second-order valence-electron chi connectivity index (χ2n) is 5.95. The van der Waals surface area contributed by atoms with Crippen molar-refractivity contribution in [2.45, 2.75) is 26.8 Å². The molecule has 0 radical (unpaired) electrons. The lowest BCUT2D eigenvalue weighted by molar-refractivity contribution is -0.120. The zero-order valence-electron chi connectivity index (χ0n) is 14.6. The summed E-state index contributed by atoms with van der Waals surface area (Å²) >= 11 is 0.